The highest BCUT2D eigenvalue weighted by Gasteiger charge is 2.11. The van der Waals surface area contributed by atoms with E-state index in [0.717, 1.165) is 17.7 Å². The van der Waals surface area contributed by atoms with Crippen molar-refractivity contribution >= 4 is 0 Å². The van der Waals surface area contributed by atoms with E-state index < -0.39 is 0 Å². The van der Waals surface area contributed by atoms with Crippen LogP contribution in [0.4, 0.5) is 0 Å². The van der Waals surface area contributed by atoms with Gasteiger partial charge in [0.15, 0.2) is 5.76 Å². The molecule has 0 fully saturated rings. The van der Waals surface area contributed by atoms with Crippen LogP contribution in [0.25, 0.3) is 11.3 Å². The third-order valence-electron chi connectivity index (χ3n) is 2.88. The minimum Gasteiger partial charge on any atom is -0.493 e. The van der Waals surface area contributed by atoms with E-state index in [1.165, 1.54) is 12.8 Å². The molecular formula is C15H19NO3. The lowest BCUT2D eigenvalue weighted by atomic mass is 10.1. The van der Waals surface area contributed by atoms with E-state index in [2.05, 4.69) is 12.1 Å². The lowest BCUT2D eigenvalue weighted by Crippen LogP contribution is -1.98. The van der Waals surface area contributed by atoms with Gasteiger partial charge < -0.3 is 14.4 Å². The quantitative estimate of drug-likeness (QED) is 0.776. The van der Waals surface area contributed by atoms with Crippen LogP contribution in [-0.2, 0) is 6.61 Å². The highest BCUT2D eigenvalue weighted by Crippen LogP contribution is 2.30. The summed E-state index contributed by atoms with van der Waals surface area (Å²) in [5.74, 6) is 1.41. The smallest absolute Gasteiger partial charge is 0.170 e. The first-order valence-corrected chi connectivity index (χ1v) is 6.63. The summed E-state index contributed by atoms with van der Waals surface area (Å²) in [6, 6.07) is 9.44. The lowest BCUT2D eigenvalue weighted by Gasteiger charge is -2.09. The molecule has 4 heteroatoms. The van der Waals surface area contributed by atoms with E-state index in [0.29, 0.717) is 18.1 Å². The molecule has 2 rings (SSSR count). The minimum absolute atomic E-state index is 0.122. The number of hydrogen-bond donors (Lipinski definition) is 1. The zero-order valence-electron chi connectivity index (χ0n) is 11.1. The van der Waals surface area contributed by atoms with Crippen molar-refractivity contribution < 1.29 is 14.4 Å². The van der Waals surface area contributed by atoms with Gasteiger partial charge in [-0.05, 0) is 18.6 Å². The maximum absolute atomic E-state index is 9.01. The van der Waals surface area contributed by atoms with E-state index in [4.69, 9.17) is 14.4 Å². The van der Waals surface area contributed by atoms with Crippen molar-refractivity contribution in [3.63, 3.8) is 0 Å². The molecule has 1 aromatic heterocycles. The Morgan fingerprint density at radius 2 is 2.11 bits per heavy atom. The SMILES string of the molecule is CCCCCOc1ccccc1-c1cc(CO)no1. The Balaban J connectivity index is 2.11. The Bertz CT molecular complexity index is 508. The molecular weight excluding hydrogens is 242 g/mol. The molecule has 2 aromatic rings. The molecule has 1 heterocycles. The third-order valence-corrected chi connectivity index (χ3v) is 2.88. The van der Waals surface area contributed by atoms with Gasteiger partial charge in [-0.3, -0.25) is 0 Å². The van der Waals surface area contributed by atoms with Crippen molar-refractivity contribution in [3.8, 4) is 17.1 Å². The van der Waals surface area contributed by atoms with Gasteiger partial charge in [0, 0.05) is 6.07 Å². The molecule has 102 valence electrons. The summed E-state index contributed by atoms with van der Waals surface area (Å²) in [6.45, 7) is 2.74. The molecule has 0 saturated heterocycles. The number of aliphatic hydroxyl groups is 1. The van der Waals surface area contributed by atoms with Gasteiger partial charge in [0.2, 0.25) is 0 Å². The summed E-state index contributed by atoms with van der Waals surface area (Å²) < 4.78 is 11.0. The van der Waals surface area contributed by atoms with Crippen molar-refractivity contribution in [1.82, 2.24) is 5.16 Å². The molecule has 0 unspecified atom stereocenters. The van der Waals surface area contributed by atoms with Crippen LogP contribution >= 0.6 is 0 Å². The molecule has 1 aromatic carbocycles. The molecule has 1 N–H and O–H groups in total. The minimum atomic E-state index is -0.122. The highest BCUT2D eigenvalue weighted by molar-refractivity contribution is 5.65. The van der Waals surface area contributed by atoms with E-state index in [1.54, 1.807) is 6.07 Å². The Morgan fingerprint density at radius 3 is 2.84 bits per heavy atom. The topological polar surface area (TPSA) is 55.5 Å². The van der Waals surface area contributed by atoms with E-state index in [-0.39, 0.29) is 6.61 Å². The van der Waals surface area contributed by atoms with Crippen molar-refractivity contribution in [3.05, 3.63) is 36.0 Å². The first-order chi connectivity index (χ1) is 9.35. The van der Waals surface area contributed by atoms with Crippen LogP contribution in [0.15, 0.2) is 34.9 Å². The predicted octanol–water partition coefficient (Wildman–Crippen LogP) is 3.40. The highest BCUT2D eigenvalue weighted by atomic mass is 16.5. The summed E-state index contributed by atoms with van der Waals surface area (Å²) >= 11 is 0. The number of nitrogens with zero attached hydrogens (tertiary/aromatic N) is 1. The Hall–Kier alpha value is -1.81. The standard InChI is InChI=1S/C15H19NO3/c1-2-3-6-9-18-14-8-5-4-7-13(14)15-10-12(11-17)16-19-15/h4-5,7-8,10,17H,2-3,6,9,11H2,1H3. The molecule has 19 heavy (non-hydrogen) atoms. The fraction of sp³-hybridized carbons (Fsp3) is 0.400. The van der Waals surface area contributed by atoms with Crippen LogP contribution in [-0.4, -0.2) is 16.9 Å². The molecule has 0 aliphatic rings. The Kier molecular flexibility index (Phi) is 4.98. The van der Waals surface area contributed by atoms with Crippen LogP contribution in [0.3, 0.4) is 0 Å². The van der Waals surface area contributed by atoms with Gasteiger partial charge in [-0.25, -0.2) is 0 Å². The van der Waals surface area contributed by atoms with Crippen molar-refractivity contribution in [2.75, 3.05) is 6.61 Å². The predicted molar refractivity (Wildman–Crippen MR) is 72.9 cm³/mol. The van der Waals surface area contributed by atoms with Crippen LogP contribution < -0.4 is 4.74 Å². The number of hydrogen-bond acceptors (Lipinski definition) is 4. The zero-order chi connectivity index (χ0) is 13.5. The normalized spacial score (nSPS) is 10.6. The fourth-order valence-electron chi connectivity index (χ4n) is 1.84. The second-order valence-electron chi connectivity index (χ2n) is 4.39. The van der Waals surface area contributed by atoms with Gasteiger partial charge in [-0.2, -0.15) is 0 Å². The number of ether oxygens (including phenoxy) is 1. The molecule has 0 saturated carbocycles. The fourth-order valence-corrected chi connectivity index (χ4v) is 1.84. The largest absolute Gasteiger partial charge is 0.493 e. The molecule has 0 amide bonds. The second-order valence-corrected chi connectivity index (χ2v) is 4.39. The summed E-state index contributed by atoms with van der Waals surface area (Å²) in [5.41, 5.74) is 1.39. The van der Waals surface area contributed by atoms with Crippen LogP contribution in [0.1, 0.15) is 31.9 Å². The number of aliphatic hydroxyl groups excluding tert-OH is 1. The molecule has 0 spiro atoms. The average Bonchev–Trinajstić information content (AvgIpc) is 2.93. The summed E-state index contributed by atoms with van der Waals surface area (Å²) in [6.07, 6.45) is 3.38. The number of rotatable bonds is 7. The van der Waals surface area contributed by atoms with Crippen LogP contribution in [0.5, 0.6) is 5.75 Å². The Labute approximate surface area is 113 Å². The molecule has 0 radical (unpaired) electrons. The molecule has 4 nitrogen and oxygen atoms in total. The summed E-state index contributed by atoms with van der Waals surface area (Å²) in [4.78, 5) is 0. The number of para-hydroxylation sites is 1. The molecule has 0 aliphatic heterocycles. The summed E-state index contributed by atoms with van der Waals surface area (Å²) in [5, 5.41) is 12.8. The maximum atomic E-state index is 9.01. The third kappa shape index (κ3) is 3.58. The lowest BCUT2D eigenvalue weighted by molar-refractivity contribution is 0.267. The van der Waals surface area contributed by atoms with E-state index >= 15 is 0 Å². The van der Waals surface area contributed by atoms with Gasteiger partial charge in [-0.1, -0.05) is 37.1 Å². The second kappa shape index (κ2) is 6.95. The number of unbranched alkanes of at least 4 members (excludes halogenated alkanes) is 2. The number of aromatic nitrogens is 1. The monoisotopic (exact) mass is 261 g/mol. The van der Waals surface area contributed by atoms with Gasteiger partial charge in [-0.15, -0.1) is 0 Å². The Morgan fingerprint density at radius 1 is 1.26 bits per heavy atom. The van der Waals surface area contributed by atoms with Crippen molar-refractivity contribution in [1.29, 1.82) is 0 Å². The average molecular weight is 261 g/mol. The number of benzene rings is 1. The van der Waals surface area contributed by atoms with Crippen molar-refractivity contribution in [2.24, 2.45) is 0 Å². The molecule has 0 aliphatic carbocycles. The van der Waals surface area contributed by atoms with Crippen LogP contribution in [0, 0.1) is 0 Å². The van der Waals surface area contributed by atoms with Gasteiger partial charge >= 0.3 is 0 Å². The van der Waals surface area contributed by atoms with Crippen LogP contribution in [0.2, 0.25) is 0 Å². The molecule has 0 atom stereocenters. The van der Waals surface area contributed by atoms with Gasteiger partial charge in [0.25, 0.3) is 0 Å². The molecule has 0 bridgehead atoms. The van der Waals surface area contributed by atoms with E-state index in [9.17, 15) is 0 Å². The van der Waals surface area contributed by atoms with Gasteiger partial charge in [0.1, 0.15) is 11.4 Å². The van der Waals surface area contributed by atoms with Gasteiger partial charge in [0.05, 0.1) is 18.8 Å². The first-order valence-electron chi connectivity index (χ1n) is 6.63. The maximum Gasteiger partial charge on any atom is 0.170 e. The summed E-state index contributed by atoms with van der Waals surface area (Å²) in [7, 11) is 0. The zero-order valence-corrected chi connectivity index (χ0v) is 11.1. The van der Waals surface area contributed by atoms with Crippen molar-refractivity contribution in [2.45, 2.75) is 32.8 Å². The van der Waals surface area contributed by atoms with E-state index in [1.807, 2.05) is 24.3 Å². The first kappa shape index (κ1) is 13.6.